The molecule has 4 bridgehead atoms. The van der Waals surface area contributed by atoms with Crippen molar-refractivity contribution in [2.45, 2.75) is 38.5 Å². The van der Waals surface area contributed by atoms with Crippen LogP contribution in [0.15, 0.2) is 30.3 Å². The number of anilines is 1. The van der Waals surface area contributed by atoms with Crippen molar-refractivity contribution in [1.82, 2.24) is 10.4 Å². The first-order valence-corrected chi connectivity index (χ1v) is 9.61. The van der Waals surface area contributed by atoms with E-state index in [0.29, 0.717) is 5.15 Å². The molecule has 4 aliphatic carbocycles. The summed E-state index contributed by atoms with van der Waals surface area (Å²) in [5, 5.41) is 1.43. The first-order chi connectivity index (χ1) is 12.1. The molecule has 4 aliphatic rings. The van der Waals surface area contributed by atoms with Crippen LogP contribution in [0.5, 0.6) is 0 Å². The Morgan fingerprint density at radius 3 is 2.40 bits per heavy atom. The van der Waals surface area contributed by atoms with Crippen molar-refractivity contribution in [3.8, 4) is 0 Å². The van der Waals surface area contributed by atoms with Gasteiger partial charge in [-0.1, -0.05) is 17.7 Å². The van der Waals surface area contributed by atoms with Gasteiger partial charge in [0.15, 0.2) is 0 Å². The Balaban J connectivity index is 1.36. The molecule has 1 aromatic carbocycles. The standard InChI is InChI=1S/C20H22ClN3O/c21-18-5-4-15-16(22-18)2-1-3-17(15)23-24-19(25)20-9-12-6-13(10-20)8-14(7-12)11-20/h1-5,12-14,23H,6-11H2,(H,24,25). The third-order valence-corrected chi connectivity index (χ3v) is 6.74. The lowest BCUT2D eigenvalue weighted by Crippen LogP contribution is -2.54. The average Bonchev–Trinajstić information content (AvgIpc) is 2.58. The van der Waals surface area contributed by atoms with Crippen LogP contribution in [-0.4, -0.2) is 10.9 Å². The van der Waals surface area contributed by atoms with Crippen LogP contribution in [0.3, 0.4) is 0 Å². The van der Waals surface area contributed by atoms with Gasteiger partial charge in [-0.15, -0.1) is 0 Å². The van der Waals surface area contributed by atoms with Crippen LogP contribution in [0.4, 0.5) is 5.69 Å². The Morgan fingerprint density at radius 1 is 1.04 bits per heavy atom. The maximum Gasteiger partial charge on any atom is 0.244 e. The summed E-state index contributed by atoms with van der Waals surface area (Å²) in [4.78, 5) is 17.4. The fourth-order valence-corrected chi connectivity index (χ4v) is 6.04. The summed E-state index contributed by atoms with van der Waals surface area (Å²) in [6.45, 7) is 0. The van der Waals surface area contributed by atoms with Gasteiger partial charge in [-0.05, 0) is 80.5 Å². The first kappa shape index (κ1) is 15.4. The molecule has 130 valence electrons. The molecule has 0 radical (unpaired) electrons. The number of carbonyl (C=O) groups excluding carboxylic acids is 1. The Kier molecular flexibility index (Phi) is 3.46. The van der Waals surface area contributed by atoms with Gasteiger partial charge in [-0.25, -0.2) is 4.98 Å². The van der Waals surface area contributed by atoms with E-state index in [0.717, 1.165) is 53.6 Å². The van der Waals surface area contributed by atoms with E-state index in [4.69, 9.17) is 11.6 Å². The van der Waals surface area contributed by atoms with Crippen molar-refractivity contribution in [1.29, 1.82) is 0 Å². The van der Waals surface area contributed by atoms with E-state index in [1.165, 1.54) is 19.3 Å². The van der Waals surface area contributed by atoms with Gasteiger partial charge < -0.3 is 0 Å². The summed E-state index contributed by atoms with van der Waals surface area (Å²) in [6.07, 6.45) is 7.23. The predicted molar refractivity (Wildman–Crippen MR) is 99.1 cm³/mol. The lowest BCUT2D eigenvalue weighted by atomic mass is 9.49. The van der Waals surface area contributed by atoms with E-state index in [1.807, 2.05) is 24.3 Å². The molecule has 25 heavy (non-hydrogen) atoms. The monoisotopic (exact) mass is 355 g/mol. The maximum absolute atomic E-state index is 13.0. The van der Waals surface area contributed by atoms with Gasteiger partial charge in [0.1, 0.15) is 5.15 Å². The minimum atomic E-state index is -0.145. The molecule has 2 N–H and O–H groups in total. The lowest BCUT2D eigenvalue weighted by molar-refractivity contribution is -0.145. The minimum absolute atomic E-state index is 0.145. The highest BCUT2D eigenvalue weighted by molar-refractivity contribution is 6.29. The van der Waals surface area contributed by atoms with Crippen molar-refractivity contribution in [3.63, 3.8) is 0 Å². The number of benzene rings is 1. The van der Waals surface area contributed by atoms with Crippen LogP contribution in [0.25, 0.3) is 10.9 Å². The summed E-state index contributed by atoms with van der Waals surface area (Å²) in [5.74, 6) is 2.47. The highest BCUT2D eigenvalue weighted by Crippen LogP contribution is 2.60. The Bertz CT molecular complexity index is 815. The quantitative estimate of drug-likeness (QED) is 0.627. The summed E-state index contributed by atoms with van der Waals surface area (Å²) in [5.41, 5.74) is 7.70. The number of hydrazine groups is 1. The van der Waals surface area contributed by atoms with Gasteiger partial charge in [0, 0.05) is 5.39 Å². The van der Waals surface area contributed by atoms with Crippen molar-refractivity contribution < 1.29 is 4.79 Å². The molecule has 0 atom stereocenters. The number of hydrogen-bond donors (Lipinski definition) is 2. The van der Waals surface area contributed by atoms with Gasteiger partial charge in [0.25, 0.3) is 0 Å². The van der Waals surface area contributed by atoms with E-state index in [2.05, 4.69) is 15.8 Å². The molecule has 5 heteroatoms. The van der Waals surface area contributed by atoms with Gasteiger partial charge >= 0.3 is 0 Å². The highest BCUT2D eigenvalue weighted by Gasteiger charge is 2.54. The van der Waals surface area contributed by atoms with Crippen molar-refractivity contribution >= 4 is 34.1 Å². The van der Waals surface area contributed by atoms with Crippen molar-refractivity contribution in [3.05, 3.63) is 35.5 Å². The fraction of sp³-hybridized carbons (Fsp3) is 0.500. The van der Waals surface area contributed by atoms with E-state index in [9.17, 15) is 4.79 Å². The van der Waals surface area contributed by atoms with E-state index < -0.39 is 0 Å². The van der Waals surface area contributed by atoms with Crippen LogP contribution >= 0.6 is 11.6 Å². The lowest BCUT2D eigenvalue weighted by Gasteiger charge is -2.55. The number of rotatable bonds is 3. The number of pyridine rings is 1. The number of hydrogen-bond acceptors (Lipinski definition) is 3. The summed E-state index contributed by atoms with van der Waals surface area (Å²) in [7, 11) is 0. The second-order valence-electron chi connectivity index (χ2n) is 8.28. The Morgan fingerprint density at radius 2 is 1.72 bits per heavy atom. The third-order valence-electron chi connectivity index (χ3n) is 6.53. The molecule has 1 heterocycles. The minimum Gasteiger partial charge on any atom is -0.298 e. The molecule has 1 amide bonds. The number of aromatic nitrogens is 1. The Labute approximate surface area is 152 Å². The summed E-state index contributed by atoms with van der Waals surface area (Å²) < 4.78 is 0. The maximum atomic E-state index is 13.0. The molecule has 4 fully saturated rings. The molecule has 0 spiro atoms. The predicted octanol–water partition coefficient (Wildman–Crippen LogP) is 4.55. The second kappa shape index (κ2) is 5.60. The number of carbonyl (C=O) groups is 1. The SMILES string of the molecule is O=C(NNc1cccc2nc(Cl)ccc12)C12CC3CC(CC(C3)C1)C2. The smallest absolute Gasteiger partial charge is 0.244 e. The largest absolute Gasteiger partial charge is 0.298 e. The van der Waals surface area contributed by atoms with Gasteiger partial charge in [-0.3, -0.25) is 15.6 Å². The molecule has 4 nitrogen and oxygen atoms in total. The zero-order valence-electron chi connectivity index (χ0n) is 14.1. The molecule has 2 aromatic rings. The molecular formula is C20H22ClN3O. The number of nitrogens with one attached hydrogen (secondary N) is 2. The van der Waals surface area contributed by atoms with Crippen LogP contribution in [0.2, 0.25) is 5.15 Å². The number of amides is 1. The molecule has 0 unspecified atom stereocenters. The number of halogens is 1. The zero-order valence-corrected chi connectivity index (χ0v) is 14.9. The molecule has 0 saturated heterocycles. The number of nitrogens with zero attached hydrogens (tertiary/aromatic N) is 1. The second-order valence-corrected chi connectivity index (χ2v) is 8.67. The van der Waals surface area contributed by atoms with Crippen LogP contribution in [0.1, 0.15) is 38.5 Å². The topological polar surface area (TPSA) is 54.0 Å². The van der Waals surface area contributed by atoms with Gasteiger partial charge in [0.2, 0.25) is 5.91 Å². The van der Waals surface area contributed by atoms with Gasteiger partial charge in [-0.2, -0.15) is 0 Å². The van der Waals surface area contributed by atoms with Gasteiger partial charge in [0.05, 0.1) is 16.6 Å². The fourth-order valence-electron chi connectivity index (χ4n) is 5.88. The normalized spacial score (nSPS) is 32.8. The summed E-state index contributed by atoms with van der Waals surface area (Å²) >= 11 is 5.97. The molecule has 6 rings (SSSR count). The van der Waals surface area contributed by atoms with E-state index in [-0.39, 0.29) is 11.3 Å². The van der Waals surface area contributed by atoms with Crippen LogP contribution < -0.4 is 10.9 Å². The first-order valence-electron chi connectivity index (χ1n) is 9.23. The summed E-state index contributed by atoms with van der Waals surface area (Å²) in [6, 6.07) is 9.51. The van der Waals surface area contributed by atoms with E-state index in [1.54, 1.807) is 6.07 Å². The molecule has 4 saturated carbocycles. The molecule has 0 aliphatic heterocycles. The number of fused-ring (bicyclic) bond motifs is 1. The Hall–Kier alpha value is -1.81. The van der Waals surface area contributed by atoms with Crippen molar-refractivity contribution in [2.75, 3.05) is 5.43 Å². The third kappa shape index (κ3) is 2.58. The zero-order chi connectivity index (χ0) is 17.0. The van der Waals surface area contributed by atoms with Crippen molar-refractivity contribution in [2.24, 2.45) is 23.2 Å². The molecule has 1 aromatic heterocycles. The van der Waals surface area contributed by atoms with E-state index >= 15 is 0 Å². The van der Waals surface area contributed by atoms with Crippen LogP contribution in [-0.2, 0) is 4.79 Å². The average molecular weight is 356 g/mol. The molecular weight excluding hydrogens is 334 g/mol. The van der Waals surface area contributed by atoms with Crippen LogP contribution in [0, 0.1) is 23.2 Å². The highest BCUT2D eigenvalue weighted by atomic mass is 35.5.